The molecule has 1 saturated carbocycles. The van der Waals surface area contributed by atoms with E-state index in [1.807, 2.05) is 36.4 Å². The van der Waals surface area contributed by atoms with Crippen LogP contribution in [0.4, 0.5) is 5.82 Å². The summed E-state index contributed by atoms with van der Waals surface area (Å²) < 4.78 is 8.44. The van der Waals surface area contributed by atoms with Gasteiger partial charge >= 0.3 is 0 Å². The monoisotopic (exact) mass is 496 g/mol. The van der Waals surface area contributed by atoms with Crippen molar-refractivity contribution >= 4 is 16.9 Å². The first-order chi connectivity index (χ1) is 18.1. The topological polar surface area (TPSA) is 72.4 Å². The molecule has 0 bridgehead atoms. The number of rotatable bonds is 5. The Labute approximate surface area is 218 Å². The molecule has 0 unspecified atom stereocenters. The van der Waals surface area contributed by atoms with Crippen molar-refractivity contribution in [2.75, 3.05) is 39.0 Å². The number of piperazine rings is 1. The van der Waals surface area contributed by atoms with Gasteiger partial charge in [-0.3, -0.25) is 4.90 Å². The van der Waals surface area contributed by atoms with E-state index >= 15 is 0 Å². The van der Waals surface area contributed by atoms with Gasteiger partial charge in [0.05, 0.1) is 5.39 Å². The van der Waals surface area contributed by atoms with E-state index in [4.69, 9.17) is 15.5 Å². The summed E-state index contributed by atoms with van der Waals surface area (Å²) in [4.78, 5) is 14.2. The highest BCUT2D eigenvalue weighted by molar-refractivity contribution is 6.01. The molecule has 3 heterocycles. The molecule has 37 heavy (non-hydrogen) atoms. The number of anilines is 1. The van der Waals surface area contributed by atoms with Crippen molar-refractivity contribution < 1.29 is 4.74 Å². The molecule has 1 aliphatic heterocycles. The quantitative estimate of drug-likeness (QED) is 0.393. The third-order valence-corrected chi connectivity index (χ3v) is 8.22. The second kappa shape index (κ2) is 10.1. The zero-order valence-electron chi connectivity index (χ0n) is 21.8. The lowest BCUT2D eigenvalue weighted by Crippen LogP contribution is -2.49. The van der Waals surface area contributed by atoms with Gasteiger partial charge in [0.2, 0.25) is 0 Å². The molecule has 1 aliphatic carbocycles. The maximum Gasteiger partial charge on any atom is 0.146 e. The number of ether oxygens (including phenoxy) is 1. The van der Waals surface area contributed by atoms with Gasteiger partial charge in [0.15, 0.2) is 0 Å². The number of hydrogen-bond donors (Lipinski definition) is 1. The molecule has 2 aromatic carbocycles. The molecule has 2 aliphatic rings. The van der Waals surface area contributed by atoms with Gasteiger partial charge in [0.25, 0.3) is 0 Å². The van der Waals surface area contributed by atoms with Gasteiger partial charge in [-0.1, -0.05) is 24.3 Å². The van der Waals surface area contributed by atoms with Crippen LogP contribution in [0.3, 0.4) is 0 Å². The Balaban J connectivity index is 1.27. The van der Waals surface area contributed by atoms with E-state index in [-0.39, 0.29) is 0 Å². The summed E-state index contributed by atoms with van der Waals surface area (Å²) in [6.07, 6.45) is 8.64. The standard InChI is InChI=1S/C30H36N6O/c1-21-18-25(37-24-6-4-3-5-7-24)12-13-26(21)27-19-36(30-28(27)29(31)32-20-33-30)23-10-8-22(9-11-23)35-16-14-34(2)15-17-35/h3-7,12-13,18-20,22-23H,8-11,14-17H2,1-2H3,(H2,31,32,33). The number of para-hydroxylation sites is 1. The number of nitrogen functional groups attached to an aromatic ring is 1. The summed E-state index contributed by atoms with van der Waals surface area (Å²) in [7, 11) is 2.22. The Morgan fingerprint density at radius 3 is 2.30 bits per heavy atom. The van der Waals surface area contributed by atoms with Gasteiger partial charge < -0.3 is 19.9 Å². The van der Waals surface area contributed by atoms with Gasteiger partial charge in [-0.05, 0) is 75.0 Å². The van der Waals surface area contributed by atoms with Crippen molar-refractivity contribution in [3.05, 3.63) is 66.6 Å². The number of hydrogen-bond acceptors (Lipinski definition) is 6. The molecule has 0 spiro atoms. The van der Waals surface area contributed by atoms with E-state index in [9.17, 15) is 0 Å². The molecule has 0 radical (unpaired) electrons. The molecule has 7 heteroatoms. The molecular weight excluding hydrogens is 460 g/mol. The maximum atomic E-state index is 6.45. The van der Waals surface area contributed by atoms with Crippen molar-refractivity contribution in [1.82, 2.24) is 24.3 Å². The van der Waals surface area contributed by atoms with Gasteiger partial charge in [-0.25, -0.2) is 9.97 Å². The Morgan fingerprint density at radius 1 is 0.838 bits per heavy atom. The first-order valence-corrected chi connectivity index (χ1v) is 13.4. The van der Waals surface area contributed by atoms with Crippen LogP contribution in [0.1, 0.15) is 37.3 Å². The number of benzene rings is 2. The number of nitrogens with zero attached hydrogens (tertiary/aromatic N) is 5. The lowest BCUT2D eigenvalue weighted by Gasteiger charge is -2.41. The molecule has 2 aromatic heterocycles. The van der Waals surface area contributed by atoms with E-state index in [1.165, 1.54) is 39.0 Å². The van der Waals surface area contributed by atoms with Crippen LogP contribution in [0, 0.1) is 6.92 Å². The summed E-state index contributed by atoms with van der Waals surface area (Å²) in [6, 6.07) is 17.2. The first-order valence-electron chi connectivity index (χ1n) is 13.4. The van der Waals surface area contributed by atoms with Crippen LogP contribution >= 0.6 is 0 Å². The third-order valence-electron chi connectivity index (χ3n) is 8.22. The second-order valence-corrected chi connectivity index (χ2v) is 10.6. The van der Waals surface area contributed by atoms with E-state index in [2.05, 4.69) is 51.7 Å². The van der Waals surface area contributed by atoms with Crippen molar-refractivity contribution in [1.29, 1.82) is 0 Å². The lowest BCUT2D eigenvalue weighted by atomic mass is 9.89. The van der Waals surface area contributed by atoms with Gasteiger partial charge in [-0.2, -0.15) is 0 Å². The van der Waals surface area contributed by atoms with Crippen molar-refractivity contribution in [3.8, 4) is 22.6 Å². The van der Waals surface area contributed by atoms with Crippen LogP contribution in [0.2, 0.25) is 0 Å². The zero-order valence-corrected chi connectivity index (χ0v) is 21.8. The van der Waals surface area contributed by atoms with E-state index in [1.54, 1.807) is 6.33 Å². The minimum Gasteiger partial charge on any atom is -0.457 e. The average Bonchev–Trinajstić information content (AvgIpc) is 3.31. The molecule has 2 fully saturated rings. The number of fused-ring (bicyclic) bond motifs is 1. The van der Waals surface area contributed by atoms with Crippen LogP contribution in [0.15, 0.2) is 61.1 Å². The second-order valence-electron chi connectivity index (χ2n) is 10.6. The zero-order chi connectivity index (χ0) is 25.4. The van der Waals surface area contributed by atoms with Gasteiger partial charge in [0.1, 0.15) is 29.3 Å². The first kappa shape index (κ1) is 23.9. The smallest absolute Gasteiger partial charge is 0.146 e. The fraction of sp³-hybridized carbons (Fsp3) is 0.400. The SMILES string of the molecule is Cc1cc(Oc2ccccc2)ccc1-c1cn(C2CCC(N3CCN(C)CC3)CC2)c2ncnc(N)c12. The number of likely N-dealkylation sites (N-methyl/N-ethyl adjacent to an activating group) is 1. The fourth-order valence-corrected chi connectivity index (χ4v) is 6.11. The summed E-state index contributed by atoms with van der Waals surface area (Å²) in [5.41, 5.74) is 10.8. The maximum absolute atomic E-state index is 6.45. The van der Waals surface area contributed by atoms with E-state index < -0.39 is 0 Å². The van der Waals surface area contributed by atoms with Gasteiger partial charge in [0, 0.05) is 50.0 Å². The molecule has 6 rings (SSSR count). The normalized spacial score (nSPS) is 21.4. The average molecular weight is 497 g/mol. The Hall–Kier alpha value is -3.42. The van der Waals surface area contributed by atoms with E-state index in [0.29, 0.717) is 17.9 Å². The third kappa shape index (κ3) is 4.81. The predicted octanol–water partition coefficient (Wildman–Crippen LogP) is 5.51. The summed E-state index contributed by atoms with van der Waals surface area (Å²) in [6.45, 7) is 6.86. The summed E-state index contributed by atoms with van der Waals surface area (Å²) in [5, 5.41) is 0.948. The minimum atomic E-state index is 0.426. The fourth-order valence-electron chi connectivity index (χ4n) is 6.11. The lowest BCUT2D eigenvalue weighted by molar-refractivity contribution is 0.0828. The van der Waals surface area contributed by atoms with Crippen molar-refractivity contribution in [2.45, 2.75) is 44.7 Å². The Kier molecular flexibility index (Phi) is 6.57. The molecule has 192 valence electrons. The molecular formula is C30H36N6O. The van der Waals surface area contributed by atoms with E-state index in [0.717, 1.165) is 52.1 Å². The van der Waals surface area contributed by atoms with Gasteiger partial charge in [-0.15, -0.1) is 0 Å². The minimum absolute atomic E-state index is 0.426. The molecule has 2 N–H and O–H groups in total. The highest BCUT2D eigenvalue weighted by Gasteiger charge is 2.30. The van der Waals surface area contributed by atoms with Crippen molar-refractivity contribution in [3.63, 3.8) is 0 Å². The Bertz CT molecular complexity index is 1370. The molecule has 0 amide bonds. The Morgan fingerprint density at radius 2 is 1.57 bits per heavy atom. The molecule has 4 aromatic rings. The predicted molar refractivity (Wildman–Crippen MR) is 149 cm³/mol. The summed E-state index contributed by atoms with van der Waals surface area (Å²) >= 11 is 0. The number of aryl methyl sites for hydroxylation is 1. The van der Waals surface area contributed by atoms with Crippen LogP contribution in [-0.2, 0) is 0 Å². The number of nitrogens with two attached hydrogens (primary N) is 1. The van der Waals surface area contributed by atoms with Crippen LogP contribution in [0.5, 0.6) is 11.5 Å². The van der Waals surface area contributed by atoms with Crippen molar-refractivity contribution in [2.24, 2.45) is 0 Å². The highest BCUT2D eigenvalue weighted by Crippen LogP contribution is 2.40. The number of aromatic nitrogens is 3. The van der Waals surface area contributed by atoms with Crippen LogP contribution < -0.4 is 10.5 Å². The highest BCUT2D eigenvalue weighted by atomic mass is 16.5. The molecule has 7 nitrogen and oxygen atoms in total. The molecule has 0 atom stereocenters. The summed E-state index contributed by atoms with van der Waals surface area (Å²) in [5.74, 6) is 2.19. The van der Waals surface area contributed by atoms with Crippen LogP contribution in [-0.4, -0.2) is 63.6 Å². The van der Waals surface area contributed by atoms with Crippen LogP contribution in [0.25, 0.3) is 22.2 Å². The largest absolute Gasteiger partial charge is 0.457 e. The molecule has 1 saturated heterocycles.